The fraction of sp³-hybridized carbons (Fsp3) is 0.500. The Kier molecular flexibility index (Phi) is 9.00. The number of rotatable bonds is 7. The SMILES string of the molecule is CCC(Oc1ccccc1C)C(=O)NCCCN.Cl. The van der Waals surface area contributed by atoms with Crippen LogP contribution in [0.2, 0.25) is 0 Å². The molecule has 1 aromatic rings. The number of carbonyl (C=O) groups excluding carboxylic acids is 1. The number of nitrogens with one attached hydrogen (secondary N) is 1. The molecule has 1 amide bonds. The zero-order valence-corrected chi connectivity index (χ0v) is 12.3. The molecule has 19 heavy (non-hydrogen) atoms. The quantitative estimate of drug-likeness (QED) is 0.754. The highest BCUT2D eigenvalue weighted by Crippen LogP contribution is 2.18. The van der Waals surface area contributed by atoms with Crippen molar-refractivity contribution in [1.29, 1.82) is 0 Å². The molecular weight excluding hydrogens is 264 g/mol. The van der Waals surface area contributed by atoms with E-state index in [0.717, 1.165) is 17.7 Å². The third-order valence-corrected chi connectivity index (χ3v) is 2.71. The maximum atomic E-state index is 11.9. The highest BCUT2D eigenvalue weighted by molar-refractivity contribution is 5.85. The number of benzene rings is 1. The van der Waals surface area contributed by atoms with Crippen molar-refractivity contribution in [2.75, 3.05) is 13.1 Å². The average Bonchev–Trinajstić information content (AvgIpc) is 2.38. The van der Waals surface area contributed by atoms with Crippen LogP contribution in [-0.2, 0) is 4.79 Å². The van der Waals surface area contributed by atoms with E-state index in [0.29, 0.717) is 19.5 Å². The summed E-state index contributed by atoms with van der Waals surface area (Å²) < 4.78 is 5.74. The second-order valence-electron chi connectivity index (χ2n) is 4.21. The van der Waals surface area contributed by atoms with Gasteiger partial charge in [-0.05, 0) is 37.9 Å². The molecule has 0 aliphatic carbocycles. The van der Waals surface area contributed by atoms with Crippen molar-refractivity contribution in [3.8, 4) is 5.75 Å². The summed E-state index contributed by atoms with van der Waals surface area (Å²) >= 11 is 0. The van der Waals surface area contributed by atoms with Gasteiger partial charge in [0.2, 0.25) is 0 Å². The van der Waals surface area contributed by atoms with Crippen LogP contribution in [-0.4, -0.2) is 25.1 Å². The van der Waals surface area contributed by atoms with E-state index in [1.165, 1.54) is 0 Å². The highest BCUT2D eigenvalue weighted by atomic mass is 35.5. The number of nitrogens with two attached hydrogens (primary N) is 1. The van der Waals surface area contributed by atoms with Crippen molar-refractivity contribution in [1.82, 2.24) is 5.32 Å². The first-order chi connectivity index (χ1) is 8.69. The molecule has 5 heteroatoms. The molecule has 0 spiro atoms. The number of aryl methyl sites for hydroxylation is 1. The third kappa shape index (κ3) is 5.94. The molecule has 1 unspecified atom stereocenters. The van der Waals surface area contributed by atoms with E-state index >= 15 is 0 Å². The van der Waals surface area contributed by atoms with Crippen LogP contribution in [0.1, 0.15) is 25.3 Å². The normalized spacial score (nSPS) is 11.3. The summed E-state index contributed by atoms with van der Waals surface area (Å²) in [5.74, 6) is 0.688. The first-order valence-corrected chi connectivity index (χ1v) is 6.39. The summed E-state index contributed by atoms with van der Waals surface area (Å²) in [5.41, 5.74) is 6.42. The van der Waals surface area contributed by atoms with Gasteiger partial charge < -0.3 is 15.8 Å². The van der Waals surface area contributed by atoms with Gasteiger partial charge in [0, 0.05) is 6.54 Å². The van der Waals surface area contributed by atoms with Gasteiger partial charge in [0.1, 0.15) is 5.75 Å². The van der Waals surface area contributed by atoms with Crippen LogP contribution in [0, 0.1) is 6.92 Å². The van der Waals surface area contributed by atoms with Crippen molar-refractivity contribution in [3.05, 3.63) is 29.8 Å². The molecule has 0 bridgehead atoms. The molecule has 0 fully saturated rings. The number of halogens is 1. The van der Waals surface area contributed by atoms with Gasteiger partial charge >= 0.3 is 0 Å². The van der Waals surface area contributed by atoms with E-state index in [-0.39, 0.29) is 18.3 Å². The molecule has 0 heterocycles. The van der Waals surface area contributed by atoms with Crippen molar-refractivity contribution in [2.45, 2.75) is 32.8 Å². The van der Waals surface area contributed by atoms with Gasteiger partial charge in [0.15, 0.2) is 6.10 Å². The Morgan fingerprint density at radius 3 is 2.68 bits per heavy atom. The monoisotopic (exact) mass is 286 g/mol. The van der Waals surface area contributed by atoms with Gasteiger partial charge in [-0.2, -0.15) is 0 Å². The third-order valence-electron chi connectivity index (χ3n) is 2.71. The largest absolute Gasteiger partial charge is 0.480 e. The van der Waals surface area contributed by atoms with E-state index in [2.05, 4.69) is 5.32 Å². The first kappa shape index (κ1) is 17.7. The minimum atomic E-state index is -0.441. The highest BCUT2D eigenvalue weighted by Gasteiger charge is 2.18. The average molecular weight is 287 g/mol. The fourth-order valence-corrected chi connectivity index (χ4v) is 1.59. The number of amides is 1. The molecule has 0 aromatic heterocycles. The van der Waals surface area contributed by atoms with E-state index in [9.17, 15) is 4.79 Å². The molecule has 3 N–H and O–H groups in total. The summed E-state index contributed by atoms with van der Waals surface area (Å²) in [6, 6.07) is 7.70. The van der Waals surface area contributed by atoms with Gasteiger partial charge in [0.05, 0.1) is 0 Å². The standard InChI is InChI=1S/C14H22N2O2.ClH/c1-3-12(14(17)16-10-6-9-15)18-13-8-5-4-7-11(13)2;/h4-5,7-8,12H,3,6,9-10,15H2,1-2H3,(H,16,17);1H. The second kappa shape index (κ2) is 9.64. The van der Waals surface area contributed by atoms with Crippen molar-refractivity contribution in [2.24, 2.45) is 5.73 Å². The Hall–Kier alpha value is -1.26. The smallest absolute Gasteiger partial charge is 0.261 e. The zero-order chi connectivity index (χ0) is 13.4. The van der Waals surface area contributed by atoms with Crippen LogP contribution in [0.5, 0.6) is 5.75 Å². The van der Waals surface area contributed by atoms with Crippen LogP contribution in [0.4, 0.5) is 0 Å². The maximum absolute atomic E-state index is 11.9. The lowest BCUT2D eigenvalue weighted by Gasteiger charge is -2.18. The molecule has 1 aromatic carbocycles. The maximum Gasteiger partial charge on any atom is 0.261 e. The molecule has 0 aliphatic rings. The van der Waals surface area contributed by atoms with Crippen LogP contribution in [0.25, 0.3) is 0 Å². The Labute approximate surface area is 121 Å². The van der Waals surface area contributed by atoms with Gasteiger partial charge in [-0.15, -0.1) is 12.4 Å². The predicted octanol–water partition coefficient (Wildman–Crippen LogP) is 2.04. The summed E-state index contributed by atoms with van der Waals surface area (Å²) in [6.07, 6.45) is 0.985. The van der Waals surface area contributed by atoms with Crippen molar-refractivity contribution in [3.63, 3.8) is 0 Å². The van der Waals surface area contributed by atoms with Crippen molar-refractivity contribution >= 4 is 18.3 Å². The molecule has 0 saturated heterocycles. The first-order valence-electron chi connectivity index (χ1n) is 6.39. The van der Waals surface area contributed by atoms with Gasteiger partial charge in [-0.25, -0.2) is 0 Å². The van der Waals surface area contributed by atoms with E-state index < -0.39 is 6.10 Å². The lowest BCUT2D eigenvalue weighted by molar-refractivity contribution is -0.128. The number of ether oxygens (including phenoxy) is 1. The number of carbonyl (C=O) groups is 1. The van der Waals surface area contributed by atoms with Crippen molar-refractivity contribution < 1.29 is 9.53 Å². The van der Waals surface area contributed by atoms with Crippen LogP contribution < -0.4 is 15.8 Å². The van der Waals surface area contributed by atoms with E-state index in [4.69, 9.17) is 10.5 Å². The number of para-hydroxylation sites is 1. The second-order valence-corrected chi connectivity index (χ2v) is 4.21. The Bertz CT molecular complexity index is 385. The van der Waals surface area contributed by atoms with E-state index in [1.807, 2.05) is 38.1 Å². The Morgan fingerprint density at radius 2 is 2.11 bits per heavy atom. The minimum Gasteiger partial charge on any atom is -0.480 e. The van der Waals surface area contributed by atoms with Crippen LogP contribution in [0.3, 0.4) is 0 Å². The zero-order valence-electron chi connectivity index (χ0n) is 11.5. The van der Waals surface area contributed by atoms with Gasteiger partial charge in [0.25, 0.3) is 5.91 Å². The summed E-state index contributed by atoms with van der Waals surface area (Å²) in [6.45, 7) is 5.08. The fourth-order valence-electron chi connectivity index (χ4n) is 1.59. The molecule has 0 saturated carbocycles. The molecule has 1 rings (SSSR count). The molecule has 4 nitrogen and oxygen atoms in total. The van der Waals surface area contributed by atoms with Crippen LogP contribution in [0.15, 0.2) is 24.3 Å². The molecular formula is C14H23ClN2O2. The van der Waals surface area contributed by atoms with Gasteiger partial charge in [-0.1, -0.05) is 25.1 Å². The topological polar surface area (TPSA) is 64.3 Å². The molecule has 0 aliphatic heterocycles. The Balaban J connectivity index is 0.00000324. The minimum absolute atomic E-state index is 0. The summed E-state index contributed by atoms with van der Waals surface area (Å²) in [4.78, 5) is 11.9. The molecule has 0 radical (unpaired) electrons. The van der Waals surface area contributed by atoms with Gasteiger partial charge in [-0.3, -0.25) is 4.79 Å². The lowest BCUT2D eigenvalue weighted by Crippen LogP contribution is -2.39. The summed E-state index contributed by atoms with van der Waals surface area (Å²) in [5, 5.41) is 2.83. The summed E-state index contributed by atoms with van der Waals surface area (Å²) in [7, 11) is 0. The van der Waals surface area contributed by atoms with E-state index in [1.54, 1.807) is 0 Å². The number of hydrogen-bond acceptors (Lipinski definition) is 3. The molecule has 108 valence electrons. The predicted molar refractivity (Wildman–Crippen MR) is 79.8 cm³/mol. The number of hydrogen-bond donors (Lipinski definition) is 2. The molecule has 1 atom stereocenters. The Morgan fingerprint density at radius 1 is 1.42 bits per heavy atom. The van der Waals surface area contributed by atoms with Crippen LogP contribution >= 0.6 is 12.4 Å². The lowest BCUT2D eigenvalue weighted by atomic mass is 10.2.